The normalized spacial score (nSPS) is 42.6. The highest BCUT2D eigenvalue weighted by Crippen LogP contribution is 2.49. The fourth-order valence-electron chi connectivity index (χ4n) is 11.2. The van der Waals surface area contributed by atoms with Gasteiger partial charge in [0, 0.05) is 62.7 Å². The SMILES string of the molecule is CC[C@H]1OC(=O)[C@H](C)[C@@H](O[C@H]2C[C@@](C)(OC)[C@@H](O)[C@@H](C)O2)[C@H](C)[C@@H](O[C@@H]2O[C@H](C)C[C@H](N(C)C)[C@H]2O)[C@](C)(OC)C[C@@H](C)C(=O)[C@H](C)C2C(SCCNc3ncnc4nc[nH]c34)C(=O)O[C@@]21C. The van der Waals surface area contributed by atoms with E-state index < -0.39 is 113 Å². The topological polar surface area (TPSA) is 235 Å². The number of cyclic esters (lactones) is 1. The molecule has 2 aromatic rings. The van der Waals surface area contributed by atoms with Crippen molar-refractivity contribution in [1.82, 2.24) is 24.8 Å². The van der Waals surface area contributed by atoms with E-state index in [-0.39, 0.29) is 37.2 Å². The van der Waals surface area contributed by atoms with E-state index in [0.717, 1.165) is 0 Å². The van der Waals surface area contributed by atoms with Gasteiger partial charge in [0.2, 0.25) is 0 Å². The molecule has 378 valence electrons. The lowest BCUT2D eigenvalue weighted by Crippen LogP contribution is -2.61. The molecule has 19 atom stereocenters. The quantitative estimate of drug-likeness (QED) is 0.163. The summed E-state index contributed by atoms with van der Waals surface area (Å²) in [5.41, 5.74) is -2.54. The molecule has 6 heterocycles. The summed E-state index contributed by atoms with van der Waals surface area (Å²) >= 11 is 1.37. The molecule has 0 aliphatic carbocycles. The maximum absolute atomic E-state index is 15.1. The highest BCUT2D eigenvalue weighted by Gasteiger charge is 2.62. The lowest BCUT2D eigenvalue weighted by molar-refractivity contribution is -0.319. The summed E-state index contributed by atoms with van der Waals surface area (Å²) in [5.74, 6) is -4.10. The third-order valence-corrected chi connectivity index (χ3v) is 16.5. The number of rotatable bonds is 13. The van der Waals surface area contributed by atoms with Gasteiger partial charge >= 0.3 is 11.9 Å². The first-order valence-electron chi connectivity index (χ1n) is 23.7. The zero-order valence-corrected chi connectivity index (χ0v) is 42.5. The molecule has 4 saturated heterocycles. The van der Waals surface area contributed by atoms with Gasteiger partial charge in [0.1, 0.15) is 41.2 Å². The molecule has 0 saturated carbocycles. The number of Topliss-reactive ketones (excluding diaryl/α,β-unsaturated/α-hetero) is 1. The number of hydrogen-bond acceptors (Lipinski definition) is 19. The van der Waals surface area contributed by atoms with Crippen LogP contribution in [-0.4, -0.2) is 177 Å². The molecule has 0 aromatic carbocycles. The van der Waals surface area contributed by atoms with E-state index in [1.54, 1.807) is 41.1 Å². The van der Waals surface area contributed by atoms with E-state index >= 15 is 4.79 Å². The molecule has 6 rings (SSSR count). The number of hydrogen-bond donors (Lipinski definition) is 4. The number of nitrogens with zero attached hydrogens (tertiary/aromatic N) is 4. The molecular weight excluding hydrogens is 889 g/mol. The van der Waals surface area contributed by atoms with E-state index in [1.165, 1.54) is 25.2 Å². The number of ketones is 1. The standard InChI is InChI=1S/C47H76N6O13S/c1-15-30-47(10)32(37(43(58)66-47)67-17-16-48-40-33-41(50-21-49-33)52-22-51-40)25(4)34(54)23(2)19-46(9,60-14)39(65-44-35(55)29(53(11)12)18-24(3)61-44)26(5)36(27(6)42(57)63-30)64-31-20-45(8,59-13)38(56)28(7)62-31/h21-32,35-39,44,55-56H,15-20H2,1-14H3,(H2,48,49,50,51,52)/t23-,24-,25-,26+,27-,28-,29+,30-,31+,32?,35-,36+,37?,38+,39-,44+,45-,46-,47-/m1/s1. The Kier molecular flexibility index (Phi) is 17.1. The molecule has 4 fully saturated rings. The minimum atomic E-state index is -1.40. The lowest BCUT2D eigenvalue weighted by Gasteiger charge is -2.50. The second-order valence-electron chi connectivity index (χ2n) is 20.1. The van der Waals surface area contributed by atoms with Crippen LogP contribution in [-0.2, 0) is 52.3 Å². The van der Waals surface area contributed by atoms with Crippen molar-refractivity contribution >= 4 is 46.5 Å². The van der Waals surface area contributed by atoms with Crippen molar-refractivity contribution in [3.63, 3.8) is 0 Å². The average Bonchev–Trinajstić information content (AvgIpc) is 3.88. The predicted octanol–water partition coefficient (Wildman–Crippen LogP) is 4.14. The molecule has 0 radical (unpaired) electrons. The first-order chi connectivity index (χ1) is 31.5. The van der Waals surface area contributed by atoms with E-state index in [4.69, 9.17) is 37.9 Å². The summed E-state index contributed by atoms with van der Waals surface area (Å²) in [6, 6.07) is -0.299. The van der Waals surface area contributed by atoms with Crippen molar-refractivity contribution in [2.75, 3.05) is 45.9 Å². The van der Waals surface area contributed by atoms with Crippen molar-refractivity contribution < 1.29 is 62.5 Å². The summed E-state index contributed by atoms with van der Waals surface area (Å²) in [5, 5.41) is 25.5. The van der Waals surface area contributed by atoms with Gasteiger partial charge in [0.25, 0.3) is 0 Å². The summed E-state index contributed by atoms with van der Waals surface area (Å²) in [6.07, 6.45) is -3.97. The van der Waals surface area contributed by atoms with Crippen molar-refractivity contribution in [2.24, 2.45) is 29.6 Å². The number of thioether (sulfide) groups is 1. The number of likely N-dealkylation sites (N-methyl/N-ethyl adjacent to an activating group) is 1. The molecule has 20 heteroatoms. The number of imidazole rings is 1. The molecule has 19 nitrogen and oxygen atoms in total. The number of ether oxygens (including phenoxy) is 8. The van der Waals surface area contributed by atoms with E-state index in [1.807, 2.05) is 60.5 Å². The Labute approximate surface area is 399 Å². The van der Waals surface area contributed by atoms with Gasteiger partial charge in [-0.1, -0.05) is 27.7 Å². The number of anilines is 1. The molecule has 67 heavy (non-hydrogen) atoms. The number of nitrogens with one attached hydrogen (secondary N) is 2. The van der Waals surface area contributed by atoms with E-state index in [2.05, 4.69) is 25.3 Å². The molecular formula is C47H76N6O13S. The van der Waals surface area contributed by atoms with Crippen LogP contribution in [0, 0.1) is 29.6 Å². The van der Waals surface area contributed by atoms with Gasteiger partial charge in [-0.2, -0.15) is 0 Å². The Hall–Kier alpha value is -3.05. The van der Waals surface area contributed by atoms with Crippen molar-refractivity contribution in [1.29, 1.82) is 0 Å². The Morgan fingerprint density at radius 3 is 2.28 bits per heavy atom. The van der Waals surface area contributed by atoms with Gasteiger partial charge in [0.15, 0.2) is 29.6 Å². The maximum atomic E-state index is 15.1. The zero-order valence-electron chi connectivity index (χ0n) is 41.7. The summed E-state index contributed by atoms with van der Waals surface area (Å²) in [7, 11) is 6.85. The van der Waals surface area contributed by atoms with Crippen LogP contribution >= 0.6 is 11.8 Å². The van der Waals surface area contributed by atoms with Crippen LogP contribution in [0.1, 0.15) is 94.9 Å². The van der Waals surface area contributed by atoms with Crippen LogP contribution in [0.3, 0.4) is 0 Å². The number of methoxy groups -OCH3 is 2. The molecule has 4 N–H and O–H groups in total. The minimum Gasteiger partial charge on any atom is -0.458 e. The summed E-state index contributed by atoms with van der Waals surface area (Å²) in [6.45, 7) is 18.6. The zero-order chi connectivity index (χ0) is 49.3. The molecule has 0 bridgehead atoms. The van der Waals surface area contributed by atoms with E-state index in [0.29, 0.717) is 35.7 Å². The first-order valence-corrected chi connectivity index (χ1v) is 24.8. The summed E-state index contributed by atoms with van der Waals surface area (Å²) in [4.78, 5) is 61.9. The fraction of sp³-hybridized carbons (Fsp3) is 0.830. The number of carbonyl (C=O) groups is 3. The van der Waals surface area contributed by atoms with Crippen molar-refractivity contribution in [2.45, 2.75) is 178 Å². The summed E-state index contributed by atoms with van der Waals surface area (Å²) < 4.78 is 51.7. The van der Waals surface area contributed by atoms with Crippen LogP contribution in [0.5, 0.6) is 0 Å². The van der Waals surface area contributed by atoms with Crippen LogP contribution in [0.25, 0.3) is 11.2 Å². The number of aliphatic hydroxyl groups is 2. The molecule has 0 amide bonds. The Morgan fingerprint density at radius 1 is 0.925 bits per heavy atom. The number of fused-ring (bicyclic) bond motifs is 2. The van der Waals surface area contributed by atoms with Crippen LogP contribution < -0.4 is 5.32 Å². The number of aromatic amines is 1. The van der Waals surface area contributed by atoms with Crippen LogP contribution in [0.4, 0.5) is 5.82 Å². The number of aromatic nitrogens is 4. The average molecular weight is 965 g/mol. The second kappa shape index (κ2) is 21.5. The highest BCUT2D eigenvalue weighted by molar-refractivity contribution is 8.00. The minimum absolute atomic E-state index is 0.122. The number of carbonyl (C=O) groups excluding carboxylic acids is 3. The van der Waals surface area contributed by atoms with Gasteiger partial charge < -0.3 is 63.3 Å². The first kappa shape index (κ1) is 53.3. The number of aliphatic hydroxyl groups excluding tert-OH is 2. The van der Waals surface area contributed by atoms with E-state index in [9.17, 15) is 19.8 Å². The van der Waals surface area contributed by atoms with Gasteiger partial charge in [-0.25, -0.2) is 15.0 Å². The molecule has 0 spiro atoms. The monoisotopic (exact) mass is 965 g/mol. The lowest BCUT2D eigenvalue weighted by atomic mass is 9.70. The Bertz CT molecular complexity index is 2020. The smallest absolute Gasteiger partial charge is 0.320 e. The molecule has 4 aliphatic rings. The van der Waals surface area contributed by atoms with Crippen LogP contribution in [0.15, 0.2) is 12.7 Å². The molecule has 2 aromatic heterocycles. The van der Waals surface area contributed by atoms with Gasteiger partial charge in [-0.3, -0.25) is 14.4 Å². The number of H-pyrrole nitrogens is 1. The second-order valence-corrected chi connectivity index (χ2v) is 21.4. The van der Waals surface area contributed by atoms with Gasteiger partial charge in [-0.15, -0.1) is 11.8 Å². The third-order valence-electron chi connectivity index (χ3n) is 15.2. The fourth-order valence-corrected chi connectivity index (χ4v) is 12.5. The largest absolute Gasteiger partial charge is 0.458 e. The van der Waals surface area contributed by atoms with Gasteiger partial charge in [0.05, 0.1) is 47.9 Å². The molecule has 2 unspecified atom stereocenters. The Morgan fingerprint density at radius 2 is 1.63 bits per heavy atom. The maximum Gasteiger partial charge on any atom is 0.320 e. The molecule has 4 aliphatic heterocycles. The van der Waals surface area contributed by atoms with Crippen molar-refractivity contribution in [3.05, 3.63) is 12.7 Å². The predicted molar refractivity (Wildman–Crippen MR) is 249 cm³/mol. The number of esters is 2. The van der Waals surface area contributed by atoms with Gasteiger partial charge in [-0.05, 0) is 74.9 Å². The van der Waals surface area contributed by atoms with Crippen molar-refractivity contribution in [3.8, 4) is 0 Å². The van der Waals surface area contributed by atoms with Crippen LogP contribution in [0.2, 0.25) is 0 Å². The highest BCUT2D eigenvalue weighted by atomic mass is 32.2. The third kappa shape index (κ3) is 10.8. The Balaban J connectivity index is 1.39.